The van der Waals surface area contributed by atoms with Crippen molar-refractivity contribution in [2.45, 2.75) is 52.5 Å². The maximum absolute atomic E-state index is 12.3. The van der Waals surface area contributed by atoms with Crippen LogP contribution < -0.4 is 10.2 Å². The average molecular weight is 462 g/mol. The fraction of sp³-hybridized carbons (Fsp3) is 0.440. The molecule has 2 aromatic heterocycles. The van der Waals surface area contributed by atoms with Gasteiger partial charge in [-0.25, -0.2) is 14.8 Å². The van der Waals surface area contributed by atoms with Crippen molar-refractivity contribution in [3.8, 4) is 0 Å². The molecular weight excluding hydrogens is 430 g/mol. The lowest BCUT2D eigenvalue weighted by Crippen LogP contribution is -2.37. The molecule has 0 bridgehead atoms. The van der Waals surface area contributed by atoms with Gasteiger partial charge in [-0.2, -0.15) is 4.98 Å². The van der Waals surface area contributed by atoms with Crippen molar-refractivity contribution >= 4 is 17.9 Å². The van der Waals surface area contributed by atoms with E-state index in [1.807, 2.05) is 6.20 Å². The molecule has 0 radical (unpaired) electrons. The first-order valence-electron chi connectivity index (χ1n) is 11.8. The summed E-state index contributed by atoms with van der Waals surface area (Å²) in [5.41, 5.74) is 2.43. The first-order valence-corrected chi connectivity index (χ1v) is 11.8. The largest absolute Gasteiger partial charge is 0.447 e. The number of nitrogens with zero attached hydrogens (tertiary/aromatic N) is 6. The Morgan fingerprint density at radius 3 is 2.71 bits per heavy atom. The normalized spacial score (nSPS) is 19.2. The quantitative estimate of drug-likeness (QED) is 0.572. The smallest absolute Gasteiger partial charge is 0.415 e. The third-order valence-electron chi connectivity index (χ3n) is 6.62. The number of cyclic esters (lactones) is 1. The molecule has 1 fully saturated rings. The van der Waals surface area contributed by atoms with Crippen LogP contribution in [0.15, 0.2) is 48.9 Å². The molecule has 2 atom stereocenters. The Bertz CT molecular complexity index is 1140. The number of imidazole rings is 1. The van der Waals surface area contributed by atoms with Gasteiger partial charge in [0.1, 0.15) is 18.2 Å². The molecule has 1 N–H and O–H groups in total. The van der Waals surface area contributed by atoms with Crippen molar-refractivity contribution < 1.29 is 9.53 Å². The zero-order valence-electron chi connectivity index (χ0n) is 19.9. The topological polar surface area (TPSA) is 88.4 Å². The molecule has 3 aromatic rings. The molecular formula is C25H31N7O2. The van der Waals surface area contributed by atoms with Gasteiger partial charge in [-0.3, -0.25) is 9.80 Å². The number of hydrogen-bond donors (Lipinski definition) is 1. The predicted octanol–water partition coefficient (Wildman–Crippen LogP) is 3.84. The molecule has 9 heteroatoms. The summed E-state index contributed by atoms with van der Waals surface area (Å²) in [6.45, 7) is 10.4. The second-order valence-corrected chi connectivity index (χ2v) is 9.35. The zero-order chi connectivity index (χ0) is 23.7. The highest BCUT2D eigenvalue weighted by Crippen LogP contribution is 2.27. The number of rotatable bonds is 7. The Balaban J connectivity index is 1.22. The van der Waals surface area contributed by atoms with Crippen LogP contribution in [0.2, 0.25) is 0 Å². The van der Waals surface area contributed by atoms with E-state index in [0.717, 1.165) is 37.6 Å². The Kier molecular flexibility index (Phi) is 6.19. The van der Waals surface area contributed by atoms with E-state index < -0.39 is 0 Å². The van der Waals surface area contributed by atoms with Crippen molar-refractivity contribution in [2.24, 2.45) is 5.92 Å². The molecule has 2 aliphatic heterocycles. The van der Waals surface area contributed by atoms with Gasteiger partial charge in [0, 0.05) is 38.2 Å². The standard InChI is InChI=1S/C25H31N7O2/c1-17(2)21-16-34-25(33)32(21)22-8-9-27-24(29-22)28-18(3)20-6-4-19(5-7-20)14-30-12-13-31-11-10-26-23(31)15-30/h4-11,17-18,21H,12-16H2,1-3H3,(H,27,28,29)/t18-,21?/m0/s1. The molecule has 0 spiro atoms. The van der Waals surface area contributed by atoms with E-state index >= 15 is 0 Å². The van der Waals surface area contributed by atoms with E-state index in [9.17, 15) is 4.79 Å². The molecule has 1 unspecified atom stereocenters. The summed E-state index contributed by atoms with van der Waals surface area (Å²) >= 11 is 0. The van der Waals surface area contributed by atoms with E-state index in [1.165, 1.54) is 5.56 Å². The second-order valence-electron chi connectivity index (χ2n) is 9.35. The van der Waals surface area contributed by atoms with Crippen LogP contribution in [0, 0.1) is 5.92 Å². The van der Waals surface area contributed by atoms with Gasteiger partial charge in [0.25, 0.3) is 0 Å². The Morgan fingerprint density at radius 2 is 1.91 bits per heavy atom. The molecule has 1 saturated heterocycles. The molecule has 5 rings (SSSR count). The van der Waals surface area contributed by atoms with Gasteiger partial charge in [-0.1, -0.05) is 38.1 Å². The van der Waals surface area contributed by atoms with Crippen LogP contribution >= 0.6 is 0 Å². The summed E-state index contributed by atoms with van der Waals surface area (Å²) in [6, 6.07) is 10.4. The summed E-state index contributed by atoms with van der Waals surface area (Å²) < 4.78 is 7.48. The van der Waals surface area contributed by atoms with E-state index in [1.54, 1.807) is 17.2 Å². The molecule has 9 nitrogen and oxygen atoms in total. The highest BCUT2D eigenvalue weighted by molar-refractivity contribution is 5.89. The number of fused-ring (bicyclic) bond motifs is 1. The van der Waals surface area contributed by atoms with E-state index in [2.05, 4.69) is 81.0 Å². The van der Waals surface area contributed by atoms with E-state index in [-0.39, 0.29) is 24.1 Å². The maximum atomic E-state index is 12.3. The van der Waals surface area contributed by atoms with Gasteiger partial charge in [0.15, 0.2) is 0 Å². The molecule has 178 valence electrons. The van der Waals surface area contributed by atoms with Gasteiger partial charge >= 0.3 is 6.09 Å². The number of aromatic nitrogens is 4. The molecule has 2 aliphatic rings. The molecule has 1 amide bonds. The highest BCUT2D eigenvalue weighted by Gasteiger charge is 2.37. The van der Waals surface area contributed by atoms with Crippen LogP contribution in [0.4, 0.5) is 16.6 Å². The van der Waals surface area contributed by atoms with Crippen LogP contribution in [0.5, 0.6) is 0 Å². The van der Waals surface area contributed by atoms with Crippen LogP contribution in [0.25, 0.3) is 0 Å². The monoisotopic (exact) mass is 461 g/mol. The minimum atomic E-state index is -0.357. The summed E-state index contributed by atoms with van der Waals surface area (Å²) in [4.78, 5) is 29.7. The van der Waals surface area contributed by atoms with Gasteiger partial charge in [-0.05, 0) is 30.0 Å². The third kappa shape index (κ3) is 4.61. The van der Waals surface area contributed by atoms with Crippen molar-refractivity contribution in [1.82, 2.24) is 24.4 Å². The first kappa shape index (κ1) is 22.3. The molecule has 0 aliphatic carbocycles. The molecule has 1 aromatic carbocycles. The highest BCUT2D eigenvalue weighted by atomic mass is 16.6. The van der Waals surface area contributed by atoms with Crippen molar-refractivity contribution in [3.05, 3.63) is 65.9 Å². The Hall–Kier alpha value is -3.46. The minimum Gasteiger partial charge on any atom is -0.447 e. The van der Waals surface area contributed by atoms with Crippen LogP contribution in [-0.4, -0.2) is 49.7 Å². The zero-order valence-corrected chi connectivity index (χ0v) is 19.9. The number of benzene rings is 1. The Morgan fingerprint density at radius 1 is 1.09 bits per heavy atom. The number of nitrogens with one attached hydrogen (secondary N) is 1. The lowest BCUT2D eigenvalue weighted by atomic mass is 10.0. The first-order chi connectivity index (χ1) is 16.5. The lowest BCUT2D eigenvalue weighted by Gasteiger charge is -2.27. The van der Waals surface area contributed by atoms with E-state index in [0.29, 0.717) is 18.4 Å². The van der Waals surface area contributed by atoms with Gasteiger partial charge < -0.3 is 14.6 Å². The number of amides is 1. The number of hydrogen-bond acceptors (Lipinski definition) is 7. The molecule has 34 heavy (non-hydrogen) atoms. The number of carbonyl (C=O) groups is 1. The lowest BCUT2D eigenvalue weighted by molar-refractivity contribution is 0.177. The van der Waals surface area contributed by atoms with Crippen LogP contribution in [0.1, 0.15) is 43.8 Å². The van der Waals surface area contributed by atoms with Crippen LogP contribution in [-0.2, 0) is 24.4 Å². The van der Waals surface area contributed by atoms with Crippen molar-refractivity contribution in [3.63, 3.8) is 0 Å². The van der Waals surface area contributed by atoms with Crippen LogP contribution in [0.3, 0.4) is 0 Å². The maximum Gasteiger partial charge on any atom is 0.415 e. The predicted molar refractivity (Wildman–Crippen MR) is 129 cm³/mol. The van der Waals surface area contributed by atoms with Gasteiger partial charge in [0.05, 0.1) is 18.6 Å². The fourth-order valence-electron chi connectivity index (χ4n) is 4.55. The summed E-state index contributed by atoms with van der Waals surface area (Å²) in [5, 5.41) is 3.37. The number of carbonyl (C=O) groups excluding carboxylic acids is 1. The second kappa shape index (κ2) is 9.42. The number of ether oxygens (including phenoxy) is 1. The van der Waals surface area contributed by atoms with Gasteiger partial charge in [0.2, 0.25) is 5.95 Å². The molecule has 4 heterocycles. The summed E-state index contributed by atoms with van der Waals surface area (Å²) in [7, 11) is 0. The fourth-order valence-corrected chi connectivity index (χ4v) is 4.55. The molecule has 0 saturated carbocycles. The van der Waals surface area contributed by atoms with E-state index in [4.69, 9.17) is 4.74 Å². The van der Waals surface area contributed by atoms with Crippen molar-refractivity contribution in [1.29, 1.82) is 0 Å². The SMILES string of the molecule is CC(C)C1COC(=O)N1c1ccnc(N[C@@H](C)c2ccc(CN3CCn4ccnc4C3)cc2)n1. The average Bonchev–Trinajstić information content (AvgIpc) is 3.46. The summed E-state index contributed by atoms with van der Waals surface area (Å²) in [5.74, 6) is 2.44. The van der Waals surface area contributed by atoms with Crippen molar-refractivity contribution in [2.75, 3.05) is 23.4 Å². The third-order valence-corrected chi connectivity index (χ3v) is 6.62. The van der Waals surface area contributed by atoms with Gasteiger partial charge in [-0.15, -0.1) is 0 Å². The Labute approximate surface area is 199 Å². The minimum absolute atomic E-state index is 0.0122. The number of anilines is 2. The summed E-state index contributed by atoms with van der Waals surface area (Å²) in [6.07, 6.45) is 5.24.